The molecule has 3 heterocycles. The van der Waals surface area contributed by atoms with E-state index in [2.05, 4.69) is 21.2 Å². The maximum Gasteiger partial charge on any atom is 0.252 e. The van der Waals surface area contributed by atoms with Crippen LogP contribution in [0.15, 0.2) is 48.5 Å². The monoisotopic (exact) mass is 483 g/mol. The first kappa shape index (κ1) is 20.2. The Kier molecular flexibility index (Phi) is 4.67. The summed E-state index contributed by atoms with van der Waals surface area (Å²) in [6.45, 7) is 2.34. The summed E-state index contributed by atoms with van der Waals surface area (Å²) in [5, 5.41) is 3.99. The summed E-state index contributed by atoms with van der Waals surface area (Å²) >= 11 is 3.42. The van der Waals surface area contributed by atoms with Gasteiger partial charge in [-0.1, -0.05) is 46.3 Å². The molecule has 8 heteroatoms. The van der Waals surface area contributed by atoms with Crippen molar-refractivity contribution in [3.8, 4) is 5.75 Å². The molecule has 0 bridgehead atoms. The molecule has 160 valence electrons. The molecule has 2 saturated heterocycles. The molecule has 2 aromatic carbocycles. The number of nitrogens with one attached hydrogen (secondary N) is 1. The summed E-state index contributed by atoms with van der Waals surface area (Å²) < 4.78 is 5.40. The van der Waals surface area contributed by atoms with E-state index >= 15 is 0 Å². The van der Waals surface area contributed by atoms with Gasteiger partial charge in [0.2, 0.25) is 11.8 Å². The zero-order valence-corrected chi connectivity index (χ0v) is 18.8. The first-order valence-electron chi connectivity index (χ1n) is 10.2. The van der Waals surface area contributed by atoms with E-state index in [1.807, 2.05) is 31.2 Å². The molecule has 5 rings (SSSR count). The summed E-state index contributed by atoms with van der Waals surface area (Å²) in [4.78, 5) is 44.1. The average Bonchev–Trinajstić information content (AvgIpc) is 3.32. The number of anilines is 2. The maximum atomic E-state index is 13.8. The van der Waals surface area contributed by atoms with Crippen molar-refractivity contribution in [1.82, 2.24) is 5.32 Å². The Hall–Kier alpha value is -2.71. The van der Waals surface area contributed by atoms with E-state index in [9.17, 15) is 14.4 Å². The first-order valence-corrected chi connectivity index (χ1v) is 11.4. The third-order valence-corrected chi connectivity index (χ3v) is 7.00. The van der Waals surface area contributed by atoms with Crippen LogP contribution in [0.2, 0.25) is 0 Å². The van der Waals surface area contributed by atoms with Crippen molar-refractivity contribution in [1.29, 1.82) is 0 Å². The van der Waals surface area contributed by atoms with Crippen molar-refractivity contribution in [3.05, 3.63) is 54.1 Å². The first-order chi connectivity index (χ1) is 15.0. The number of carbonyl (C=O) groups excluding carboxylic acids is 3. The number of hydrogen-bond acceptors (Lipinski definition) is 5. The van der Waals surface area contributed by atoms with Crippen molar-refractivity contribution in [2.75, 3.05) is 28.8 Å². The number of rotatable bonds is 4. The highest BCUT2D eigenvalue weighted by atomic mass is 79.9. The standard InChI is InChI=1S/C23H22BrN3O4/c1-13-18-19(21(29)27(20(18)28)16-9-5-6-10-17(16)31-2)23(25-13)14-7-3-4-8-15(14)26(12-11-24)22(23)30/h3-10,13,18-19,25H,11-12H2,1-2H3/t13-,18+,19-,23-/m0/s1. The molecule has 0 unspecified atom stereocenters. The summed E-state index contributed by atoms with van der Waals surface area (Å²) in [6.07, 6.45) is 0. The summed E-state index contributed by atoms with van der Waals surface area (Å²) in [6, 6.07) is 14.1. The van der Waals surface area contributed by atoms with Gasteiger partial charge in [0.05, 0.1) is 24.6 Å². The van der Waals surface area contributed by atoms with E-state index in [0.29, 0.717) is 23.3 Å². The van der Waals surface area contributed by atoms with Crippen molar-refractivity contribution < 1.29 is 19.1 Å². The van der Waals surface area contributed by atoms with E-state index < -0.39 is 17.4 Å². The van der Waals surface area contributed by atoms with Gasteiger partial charge in [-0.2, -0.15) is 0 Å². The predicted molar refractivity (Wildman–Crippen MR) is 119 cm³/mol. The van der Waals surface area contributed by atoms with E-state index in [1.165, 1.54) is 12.0 Å². The number of nitrogens with zero attached hydrogens (tertiary/aromatic N) is 2. The number of carbonyl (C=O) groups is 3. The lowest BCUT2D eigenvalue weighted by atomic mass is 9.76. The lowest BCUT2D eigenvalue weighted by Gasteiger charge is -2.30. The fourth-order valence-corrected chi connectivity index (χ4v) is 5.82. The lowest BCUT2D eigenvalue weighted by Crippen LogP contribution is -2.55. The molecule has 31 heavy (non-hydrogen) atoms. The molecule has 3 amide bonds. The van der Waals surface area contributed by atoms with Crippen molar-refractivity contribution in [3.63, 3.8) is 0 Å². The van der Waals surface area contributed by atoms with Gasteiger partial charge >= 0.3 is 0 Å². The molecular weight excluding hydrogens is 462 g/mol. The van der Waals surface area contributed by atoms with Gasteiger partial charge in [0.15, 0.2) is 0 Å². The molecule has 2 aromatic rings. The van der Waals surface area contributed by atoms with Crippen LogP contribution in [0, 0.1) is 11.8 Å². The molecule has 1 spiro atoms. The average molecular weight is 484 g/mol. The maximum absolute atomic E-state index is 13.8. The molecule has 0 radical (unpaired) electrons. The fourth-order valence-electron chi connectivity index (χ4n) is 5.47. The summed E-state index contributed by atoms with van der Waals surface area (Å²) in [5.41, 5.74) is 0.686. The Morgan fingerprint density at radius 2 is 1.71 bits per heavy atom. The van der Waals surface area contributed by atoms with Gasteiger partial charge in [-0.3, -0.25) is 19.7 Å². The van der Waals surface area contributed by atoms with Crippen LogP contribution in [0.4, 0.5) is 11.4 Å². The van der Waals surface area contributed by atoms with Crippen LogP contribution in [-0.4, -0.2) is 42.7 Å². The van der Waals surface area contributed by atoms with Crippen LogP contribution >= 0.6 is 15.9 Å². The number of para-hydroxylation sites is 3. The third kappa shape index (κ3) is 2.52. The minimum atomic E-state index is -1.26. The second-order valence-electron chi connectivity index (χ2n) is 8.09. The number of halogens is 1. The van der Waals surface area contributed by atoms with Crippen LogP contribution < -0.4 is 19.9 Å². The minimum absolute atomic E-state index is 0.185. The zero-order valence-electron chi connectivity index (χ0n) is 17.2. The van der Waals surface area contributed by atoms with Gasteiger partial charge in [-0.25, -0.2) is 4.90 Å². The van der Waals surface area contributed by atoms with Gasteiger partial charge in [0, 0.05) is 29.2 Å². The quantitative estimate of drug-likeness (QED) is 0.533. The van der Waals surface area contributed by atoms with Crippen LogP contribution in [0.1, 0.15) is 12.5 Å². The number of alkyl halides is 1. The molecule has 3 aliphatic rings. The predicted octanol–water partition coefficient (Wildman–Crippen LogP) is 2.43. The molecule has 3 aliphatic heterocycles. The van der Waals surface area contributed by atoms with Gasteiger partial charge in [-0.05, 0) is 25.1 Å². The molecule has 7 nitrogen and oxygen atoms in total. The number of benzene rings is 2. The second-order valence-corrected chi connectivity index (χ2v) is 8.88. The molecule has 0 saturated carbocycles. The highest BCUT2D eigenvalue weighted by Gasteiger charge is 2.71. The van der Waals surface area contributed by atoms with E-state index in [0.717, 1.165) is 11.3 Å². The topological polar surface area (TPSA) is 79.0 Å². The van der Waals surface area contributed by atoms with Crippen LogP contribution in [0.25, 0.3) is 0 Å². The van der Waals surface area contributed by atoms with Gasteiger partial charge in [0.25, 0.3) is 5.91 Å². The van der Waals surface area contributed by atoms with Crippen LogP contribution in [0.3, 0.4) is 0 Å². The normalized spacial score (nSPS) is 29.1. The largest absolute Gasteiger partial charge is 0.495 e. The zero-order chi connectivity index (χ0) is 21.9. The molecular formula is C23H22BrN3O4. The third-order valence-electron chi connectivity index (χ3n) is 6.65. The van der Waals surface area contributed by atoms with E-state index in [1.54, 1.807) is 29.2 Å². The highest BCUT2D eigenvalue weighted by molar-refractivity contribution is 9.09. The van der Waals surface area contributed by atoms with Gasteiger partial charge in [-0.15, -0.1) is 0 Å². The highest BCUT2D eigenvalue weighted by Crippen LogP contribution is 2.55. The van der Waals surface area contributed by atoms with Gasteiger partial charge in [0.1, 0.15) is 11.3 Å². The number of fused-ring (bicyclic) bond motifs is 4. The van der Waals surface area contributed by atoms with Crippen molar-refractivity contribution in [2.45, 2.75) is 18.5 Å². The number of ether oxygens (including phenoxy) is 1. The minimum Gasteiger partial charge on any atom is -0.495 e. The smallest absolute Gasteiger partial charge is 0.252 e. The van der Waals surface area contributed by atoms with E-state index in [4.69, 9.17) is 4.74 Å². The molecule has 0 aliphatic carbocycles. The number of methoxy groups -OCH3 is 1. The van der Waals surface area contributed by atoms with Crippen molar-refractivity contribution >= 4 is 45.0 Å². The fraction of sp³-hybridized carbons (Fsp3) is 0.348. The van der Waals surface area contributed by atoms with Crippen LogP contribution in [-0.2, 0) is 19.9 Å². The summed E-state index contributed by atoms with van der Waals surface area (Å²) in [5.74, 6) is -1.89. The second kappa shape index (κ2) is 7.17. The van der Waals surface area contributed by atoms with Crippen LogP contribution in [0.5, 0.6) is 5.75 Å². The Bertz CT molecular complexity index is 1110. The lowest BCUT2D eigenvalue weighted by molar-refractivity contribution is -0.132. The molecule has 1 N–H and O–H groups in total. The molecule has 2 fully saturated rings. The molecule has 0 aromatic heterocycles. The Balaban J connectivity index is 1.67. The number of hydrogen-bond donors (Lipinski definition) is 1. The Labute approximate surface area is 188 Å². The Morgan fingerprint density at radius 1 is 1.03 bits per heavy atom. The van der Waals surface area contributed by atoms with Crippen molar-refractivity contribution in [2.24, 2.45) is 11.8 Å². The van der Waals surface area contributed by atoms with Gasteiger partial charge < -0.3 is 9.64 Å². The molecule has 4 atom stereocenters. The number of imide groups is 1. The summed E-state index contributed by atoms with van der Waals surface area (Å²) in [7, 11) is 1.51. The van der Waals surface area contributed by atoms with E-state index in [-0.39, 0.29) is 23.8 Å². The number of amides is 3. The SMILES string of the molecule is COc1ccccc1N1C(=O)[C@@H]2[C@H](C)N[C@]3(C(=O)N(CCBr)c4ccccc43)[C@@H]2C1=O. The Morgan fingerprint density at radius 3 is 2.42 bits per heavy atom.